The van der Waals surface area contributed by atoms with Crippen molar-refractivity contribution in [1.82, 2.24) is 0 Å². The topological polar surface area (TPSA) is 12.4 Å². The predicted molar refractivity (Wildman–Crippen MR) is 133 cm³/mol. The van der Waals surface area contributed by atoms with Crippen LogP contribution in [0.3, 0.4) is 0 Å². The van der Waals surface area contributed by atoms with Gasteiger partial charge in [0.15, 0.2) is 0 Å². The minimum absolute atomic E-state index is 0.555. The molecule has 0 aliphatic heterocycles. The van der Waals surface area contributed by atoms with Gasteiger partial charge in [-0.1, -0.05) is 75.7 Å². The monoisotopic (exact) mass is 415 g/mol. The lowest BCUT2D eigenvalue weighted by molar-refractivity contribution is -0.171. The largest absolute Gasteiger partial charge is 0.293 e. The van der Waals surface area contributed by atoms with E-state index in [0.717, 1.165) is 53.9 Å². The Labute approximate surface area is 189 Å². The van der Waals surface area contributed by atoms with Gasteiger partial charge < -0.3 is 0 Å². The van der Waals surface area contributed by atoms with E-state index >= 15 is 0 Å². The highest BCUT2D eigenvalue weighted by Gasteiger charge is 2.78. The molecule has 2 bridgehead atoms. The van der Waals surface area contributed by atoms with Crippen LogP contribution < -0.4 is 0 Å². The minimum atomic E-state index is 0.555. The summed E-state index contributed by atoms with van der Waals surface area (Å²) < 4.78 is 0. The van der Waals surface area contributed by atoms with Gasteiger partial charge >= 0.3 is 0 Å². The maximum absolute atomic E-state index is 5.34. The summed E-state index contributed by atoms with van der Waals surface area (Å²) in [6, 6.07) is 0. The zero-order valence-corrected chi connectivity index (χ0v) is 22.1. The van der Waals surface area contributed by atoms with Crippen LogP contribution in [-0.2, 0) is 0 Å². The van der Waals surface area contributed by atoms with Crippen molar-refractivity contribution in [3.63, 3.8) is 0 Å². The molecule has 4 aliphatic carbocycles. The van der Waals surface area contributed by atoms with Crippen LogP contribution in [0, 0.1) is 64.1 Å². The van der Waals surface area contributed by atoms with Crippen LogP contribution >= 0.6 is 0 Å². The average molecular weight is 416 g/mol. The van der Waals surface area contributed by atoms with Crippen LogP contribution in [0.1, 0.15) is 108 Å². The van der Waals surface area contributed by atoms with Crippen LogP contribution in [0.2, 0.25) is 0 Å². The van der Waals surface area contributed by atoms with E-state index in [9.17, 15) is 0 Å². The molecule has 9 atom stereocenters. The molecule has 9 unspecified atom stereocenters. The maximum Gasteiger partial charge on any atom is 0.0417 e. The molecule has 0 aromatic carbocycles. The molecule has 0 amide bonds. The summed E-state index contributed by atoms with van der Waals surface area (Å²) in [7, 11) is 0. The van der Waals surface area contributed by atoms with Gasteiger partial charge in [-0.05, 0) is 90.8 Å². The van der Waals surface area contributed by atoms with Crippen molar-refractivity contribution < 1.29 is 0 Å². The molecule has 0 aromatic heterocycles. The zero-order valence-electron chi connectivity index (χ0n) is 22.1. The first kappa shape index (κ1) is 24.3. The summed E-state index contributed by atoms with van der Waals surface area (Å²) >= 11 is 0. The van der Waals surface area contributed by atoms with E-state index in [1.54, 1.807) is 5.71 Å². The smallest absolute Gasteiger partial charge is 0.0417 e. The van der Waals surface area contributed by atoms with Gasteiger partial charge in [0, 0.05) is 17.7 Å². The fraction of sp³-hybridized carbons (Fsp3) is 0.966. The molecule has 1 spiro atoms. The standard InChI is InChI=1S/C29H53N/c1-11-24(12-13-25(19(4)5)21(7)18(2)3)22(8)20(6)17-30-27-16-28(10)23(9)29(27)15-14-26(28)29/h18-26H,11-17H2,1-10H3. The molecule has 0 aromatic rings. The molecule has 4 fully saturated rings. The van der Waals surface area contributed by atoms with E-state index < -0.39 is 0 Å². The number of nitrogens with zero attached hydrogens (tertiary/aromatic N) is 1. The SMILES string of the molecule is CCC(CCC(C(C)C)C(C)C(C)C)C(C)C(C)CN=C1CC2(C)C(C)C13CCC23. The highest BCUT2D eigenvalue weighted by Crippen LogP contribution is 2.81. The molecule has 0 radical (unpaired) electrons. The zero-order chi connectivity index (χ0) is 22.4. The third-order valence-corrected chi connectivity index (χ3v) is 11.3. The van der Waals surface area contributed by atoms with Gasteiger partial charge in [-0.3, -0.25) is 4.99 Å². The average Bonchev–Trinajstić information content (AvgIpc) is 3.00. The van der Waals surface area contributed by atoms with Crippen LogP contribution in [0.25, 0.3) is 0 Å². The first-order valence-corrected chi connectivity index (χ1v) is 13.5. The molecule has 0 saturated heterocycles. The van der Waals surface area contributed by atoms with Gasteiger partial charge in [0.05, 0.1) is 0 Å². The molecule has 174 valence electrons. The van der Waals surface area contributed by atoms with Gasteiger partial charge in [0.25, 0.3) is 0 Å². The minimum Gasteiger partial charge on any atom is -0.293 e. The van der Waals surface area contributed by atoms with Crippen molar-refractivity contribution in [2.45, 2.75) is 108 Å². The number of rotatable bonds is 11. The summed E-state index contributed by atoms with van der Waals surface area (Å²) in [5.41, 5.74) is 2.78. The first-order valence-electron chi connectivity index (χ1n) is 13.5. The van der Waals surface area contributed by atoms with Gasteiger partial charge in [-0.15, -0.1) is 0 Å². The Morgan fingerprint density at radius 1 is 0.967 bits per heavy atom. The maximum atomic E-state index is 5.34. The van der Waals surface area contributed by atoms with Gasteiger partial charge in [0.1, 0.15) is 0 Å². The molecular weight excluding hydrogens is 362 g/mol. The molecule has 0 N–H and O–H groups in total. The second kappa shape index (κ2) is 8.90. The Morgan fingerprint density at radius 2 is 1.63 bits per heavy atom. The molecular formula is C29H53N. The first-order chi connectivity index (χ1) is 14.0. The lowest BCUT2D eigenvalue weighted by Crippen LogP contribution is -2.63. The number of hydrogen-bond acceptors (Lipinski definition) is 1. The number of fused-ring (bicyclic) bond motifs is 1. The molecule has 4 aliphatic rings. The van der Waals surface area contributed by atoms with Crippen molar-refractivity contribution in [3.8, 4) is 0 Å². The van der Waals surface area contributed by atoms with Crippen molar-refractivity contribution in [2.75, 3.05) is 6.54 Å². The van der Waals surface area contributed by atoms with Gasteiger partial charge in [-0.25, -0.2) is 0 Å². The summed E-state index contributed by atoms with van der Waals surface area (Å²) in [6.07, 6.45) is 8.33. The van der Waals surface area contributed by atoms with E-state index in [1.165, 1.54) is 38.5 Å². The molecule has 1 nitrogen and oxygen atoms in total. The second-order valence-corrected chi connectivity index (χ2v) is 12.9. The Morgan fingerprint density at radius 3 is 2.07 bits per heavy atom. The van der Waals surface area contributed by atoms with Crippen LogP contribution in [0.5, 0.6) is 0 Å². The van der Waals surface area contributed by atoms with Crippen molar-refractivity contribution >= 4 is 5.71 Å². The Kier molecular flexibility index (Phi) is 7.21. The fourth-order valence-corrected chi connectivity index (χ4v) is 8.26. The summed E-state index contributed by atoms with van der Waals surface area (Å²) in [5, 5.41) is 0. The van der Waals surface area contributed by atoms with Crippen molar-refractivity contribution in [3.05, 3.63) is 0 Å². The van der Waals surface area contributed by atoms with Crippen molar-refractivity contribution in [1.29, 1.82) is 0 Å². The third-order valence-electron chi connectivity index (χ3n) is 11.3. The van der Waals surface area contributed by atoms with E-state index in [0.29, 0.717) is 16.7 Å². The summed E-state index contributed by atoms with van der Waals surface area (Å²) in [4.78, 5) is 5.34. The van der Waals surface area contributed by atoms with E-state index in [4.69, 9.17) is 4.99 Å². The van der Waals surface area contributed by atoms with Crippen LogP contribution in [-0.4, -0.2) is 12.3 Å². The molecule has 1 heteroatoms. The third kappa shape index (κ3) is 3.73. The Hall–Kier alpha value is -0.330. The predicted octanol–water partition coefficient (Wildman–Crippen LogP) is 8.53. The lowest BCUT2D eigenvalue weighted by Gasteiger charge is -2.67. The molecule has 4 saturated carbocycles. The summed E-state index contributed by atoms with van der Waals surface area (Å²) in [5.74, 6) is 7.48. The van der Waals surface area contributed by atoms with Crippen LogP contribution in [0.15, 0.2) is 4.99 Å². The second-order valence-electron chi connectivity index (χ2n) is 12.9. The molecule has 0 heterocycles. The highest BCUT2D eigenvalue weighted by atomic mass is 14.9. The normalized spacial score (nSPS) is 38.7. The number of aliphatic imine (C=N–C) groups is 1. The quantitative estimate of drug-likeness (QED) is 0.320. The molecule has 4 rings (SSSR count). The Balaban J connectivity index is 1.56. The number of hydrogen-bond donors (Lipinski definition) is 0. The van der Waals surface area contributed by atoms with Gasteiger partial charge in [0.2, 0.25) is 0 Å². The van der Waals surface area contributed by atoms with E-state index in [1.807, 2.05) is 0 Å². The Bertz CT molecular complexity index is 608. The van der Waals surface area contributed by atoms with E-state index in [-0.39, 0.29) is 0 Å². The van der Waals surface area contributed by atoms with Gasteiger partial charge in [-0.2, -0.15) is 0 Å². The van der Waals surface area contributed by atoms with Crippen molar-refractivity contribution in [2.24, 2.45) is 69.1 Å². The molecule has 30 heavy (non-hydrogen) atoms. The highest BCUT2D eigenvalue weighted by molar-refractivity contribution is 5.98. The summed E-state index contributed by atoms with van der Waals surface area (Å²) in [6.45, 7) is 25.7. The van der Waals surface area contributed by atoms with E-state index in [2.05, 4.69) is 69.2 Å². The lowest BCUT2D eigenvalue weighted by atomic mass is 9.37. The fourth-order valence-electron chi connectivity index (χ4n) is 8.26. The van der Waals surface area contributed by atoms with Crippen LogP contribution in [0.4, 0.5) is 0 Å².